The fraction of sp³-hybridized carbons (Fsp3) is 0.385. The Hall–Kier alpha value is -2.04. The second-order valence-electron chi connectivity index (χ2n) is 3.95. The van der Waals surface area contributed by atoms with Gasteiger partial charge in [0.05, 0.1) is 6.61 Å². The number of anilines is 1. The van der Waals surface area contributed by atoms with E-state index < -0.39 is 12.0 Å². The maximum absolute atomic E-state index is 11.9. The molecule has 2 N–H and O–H groups in total. The van der Waals surface area contributed by atoms with E-state index in [1.165, 1.54) is 11.8 Å². The van der Waals surface area contributed by atoms with Gasteiger partial charge in [-0.15, -0.1) is 0 Å². The van der Waals surface area contributed by atoms with E-state index in [2.05, 4.69) is 0 Å². The molecule has 1 atom stereocenters. The van der Waals surface area contributed by atoms with E-state index in [1.54, 1.807) is 38.2 Å². The molecular weight excluding hydrogens is 232 g/mol. The van der Waals surface area contributed by atoms with Crippen molar-refractivity contribution in [2.75, 3.05) is 19.4 Å². The molecule has 0 radical (unpaired) electrons. The van der Waals surface area contributed by atoms with Crippen LogP contribution in [0.15, 0.2) is 24.3 Å². The first-order chi connectivity index (χ1) is 8.47. The zero-order chi connectivity index (χ0) is 13.7. The Morgan fingerprint density at radius 3 is 2.33 bits per heavy atom. The summed E-state index contributed by atoms with van der Waals surface area (Å²) in [6, 6.07) is 6.08. The molecule has 0 aliphatic rings. The monoisotopic (exact) mass is 250 g/mol. The predicted molar refractivity (Wildman–Crippen MR) is 68.7 cm³/mol. The normalized spacial score (nSPS) is 11.7. The number of esters is 1. The van der Waals surface area contributed by atoms with Crippen LogP contribution in [0.1, 0.15) is 25.5 Å². The molecule has 5 heteroatoms. The van der Waals surface area contributed by atoms with Crippen LogP contribution in [0.4, 0.5) is 5.69 Å². The first-order valence-electron chi connectivity index (χ1n) is 5.72. The number of nitrogens with zero attached hydrogens (tertiary/aromatic N) is 1. The lowest BCUT2D eigenvalue weighted by atomic mass is 10.1. The van der Waals surface area contributed by atoms with E-state index in [9.17, 15) is 9.59 Å². The van der Waals surface area contributed by atoms with Crippen LogP contribution in [0.5, 0.6) is 0 Å². The summed E-state index contributed by atoms with van der Waals surface area (Å²) in [6.45, 7) is 3.41. The number of hydrogen-bond acceptors (Lipinski definition) is 4. The maximum atomic E-state index is 11.9. The van der Waals surface area contributed by atoms with Gasteiger partial charge in [-0.1, -0.05) is 12.1 Å². The predicted octanol–water partition coefficient (Wildman–Crippen LogP) is 1.35. The van der Waals surface area contributed by atoms with Crippen molar-refractivity contribution in [1.29, 1.82) is 0 Å². The molecule has 98 valence electrons. The highest BCUT2D eigenvalue weighted by molar-refractivity contribution is 5.84. The van der Waals surface area contributed by atoms with Gasteiger partial charge < -0.3 is 15.4 Å². The minimum Gasteiger partial charge on any atom is -0.464 e. The zero-order valence-electron chi connectivity index (χ0n) is 10.8. The fourth-order valence-corrected chi connectivity index (χ4v) is 1.60. The third-order valence-electron chi connectivity index (χ3n) is 2.65. The first kappa shape index (κ1) is 14.0. The van der Waals surface area contributed by atoms with Gasteiger partial charge in [-0.3, -0.25) is 4.79 Å². The summed E-state index contributed by atoms with van der Waals surface area (Å²) >= 11 is 0. The number of amides is 1. The van der Waals surface area contributed by atoms with Crippen molar-refractivity contribution in [2.45, 2.75) is 19.9 Å². The summed E-state index contributed by atoms with van der Waals surface area (Å²) in [7, 11) is 1.57. The highest BCUT2D eigenvalue weighted by atomic mass is 16.5. The van der Waals surface area contributed by atoms with Crippen LogP contribution in [-0.4, -0.2) is 30.4 Å². The van der Waals surface area contributed by atoms with Gasteiger partial charge in [-0.25, -0.2) is 4.79 Å². The second-order valence-corrected chi connectivity index (χ2v) is 3.95. The van der Waals surface area contributed by atoms with Gasteiger partial charge >= 0.3 is 5.97 Å². The fourth-order valence-electron chi connectivity index (χ4n) is 1.60. The quantitative estimate of drug-likeness (QED) is 0.646. The van der Waals surface area contributed by atoms with Gasteiger partial charge in [-0.2, -0.15) is 0 Å². The highest BCUT2D eigenvalue weighted by Crippen LogP contribution is 2.22. The number of hydrogen-bond donors (Lipinski definition) is 1. The minimum atomic E-state index is -0.733. The Kier molecular flexibility index (Phi) is 4.71. The molecule has 0 fully saturated rings. The molecule has 5 nitrogen and oxygen atoms in total. The number of likely N-dealkylation sites (N-methyl/N-ethyl adjacent to an activating group) is 1. The third-order valence-corrected chi connectivity index (χ3v) is 2.65. The molecule has 1 amide bonds. The van der Waals surface area contributed by atoms with Gasteiger partial charge in [-0.05, 0) is 24.6 Å². The van der Waals surface area contributed by atoms with Crippen LogP contribution in [-0.2, 0) is 14.3 Å². The number of ether oxygens (including phenoxy) is 1. The number of benzene rings is 1. The maximum Gasteiger partial charge on any atom is 0.333 e. The lowest BCUT2D eigenvalue weighted by Gasteiger charge is -2.25. The summed E-state index contributed by atoms with van der Waals surface area (Å²) in [4.78, 5) is 24.7. The number of nitrogens with two attached hydrogens (primary N) is 1. The van der Waals surface area contributed by atoms with Crippen LogP contribution in [0, 0.1) is 0 Å². The Bertz CT molecular complexity index is 428. The van der Waals surface area contributed by atoms with E-state index in [0.29, 0.717) is 11.3 Å². The molecule has 1 aromatic carbocycles. The van der Waals surface area contributed by atoms with E-state index in [-0.39, 0.29) is 12.5 Å². The molecule has 0 spiro atoms. The van der Waals surface area contributed by atoms with Crippen molar-refractivity contribution in [3.63, 3.8) is 0 Å². The first-order valence-corrected chi connectivity index (χ1v) is 5.72. The standard InChI is InChI=1S/C13H18N2O3/c1-4-18-13(17)12(15(3)9(2)16)10-5-7-11(14)8-6-10/h5-8,12H,4,14H2,1-3H3. The average Bonchev–Trinajstić information content (AvgIpc) is 2.32. The van der Waals surface area contributed by atoms with Crippen molar-refractivity contribution in [3.8, 4) is 0 Å². The highest BCUT2D eigenvalue weighted by Gasteiger charge is 2.28. The molecule has 1 unspecified atom stereocenters. The number of carbonyl (C=O) groups excluding carboxylic acids is 2. The molecule has 0 aliphatic heterocycles. The van der Waals surface area contributed by atoms with E-state index >= 15 is 0 Å². The smallest absolute Gasteiger partial charge is 0.333 e. The summed E-state index contributed by atoms with van der Waals surface area (Å²) < 4.78 is 5.00. The molecule has 1 aromatic rings. The Balaban J connectivity index is 3.07. The van der Waals surface area contributed by atoms with Crippen LogP contribution in [0.25, 0.3) is 0 Å². The van der Waals surface area contributed by atoms with Gasteiger partial charge in [0.15, 0.2) is 6.04 Å². The van der Waals surface area contributed by atoms with Gasteiger partial charge in [0, 0.05) is 19.7 Å². The number of rotatable bonds is 4. The second kappa shape index (κ2) is 6.05. The number of carbonyl (C=O) groups is 2. The van der Waals surface area contributed by atoms with Gasteiger partial charge in [0.2, 0.25) is 5.91 Å². The average molecular weight is 250 g/mol. The summed E-state index contributed by atoms with van der Waals surface area (Å²) in [5.74, 6) is -0.648. The van der Waals surface area contributed by atoms with Crippen molar-refractivity contribution < 1.29 is 14.3 Å². The van der Waals surface area contributed by atoms with Crippen LogP contribution in [0.2, 0.25) is 0 Å². The van der Waals surface area contributed by atoms with Crippen molar-refractivity contribution in [3.05, 3.63) is 29.8 Å². The molecular formula is C13H18N2O3. The molecule has 0 aliphatic carbocycles. The lowest BCUT2D eigenvalue weighted by Crippen LogP contribution is -2.35. The number of nitrogen functional groups attached to an aromatic ring is 1. The zero-order valence-corrected chi connectivity index (χ0v) is 10.8. The van der Waals surface area contributed by atoms with Crippen LogP contribution in [0.3, 0.4) is 0 Å². The largest absolute Gasteiger partial charge is 0.464 e. The lowest BCUT2D eigenvalue weighted by molar-refractivity contribution is -0.153. The summed E-state index contributed by atoms with van der Waals surface area (Å²) in [5.41, 5.74) is 6.89. The molecule has 1 rings (SSSR count). The Morgan fingerprint density at radius 2 is 1.89 bits per heavy atom. The molecule has 0 aromatic heterocycles. The summed E-state index contributed by atoms with van der Waals surface area (Å²) in [6.07, 6.45) is 0. The molecule has 0 heterocycles. The minimum absolute atomic E-state index is 0.204. The molecule has 0 saturated heterocycles. The van der Waals surface area contributed by atoms with Crippen molar-refractivity contribution in [1.82, 2.24) is 4.90 Å². The third kappa shape index (κ3) is 3.23. The topological polar surface area (TPSA) is 72.6 Å². The van der Waals surface area contributed by atoms with E-state index in [0.717, 1.165) is 0 Å². The Morgan fingerprint density at radius 1 is 1.33 bits per heavy atom. The van der Waals surface area contributed by atoms with Crippen molar-refractivity contribution >= 4 is 17.6 Å². The van der Waals surface area contributed by atoms with Crippen LogP contribution >= 0.6 is 0 Å². The molecule has 18 heavy (non-hydrogen) atoms. The van der Waals surface area contributed by atoms with Gasteiger partial charge in [0.1, 0.15) is 0 Å². The van der Waals surface area contributed by atoms with Crippen LogP contribution < -0.4 is 5.73 Å². The van der Waals surface area contributed by atoms with Crippen molar-refractivity contribution in [2.24, 2.45) is 0 Å². The summed E-state index contributed by atoms with van der Waals surface area (Å²) in [5, 5.41) is 0. The molecule has 0 saturated carbocycles. The van der Waals surface area contributed by atoms with Gasteiger partial charge in [0.25, 0.3) is 0 Å². The van der Waals surface area contributed by atoms with E-state index in [4.69, 9.17) is 10.5 Å². The Labute approximate surface area is 107 Å². The van der Waals surface area contributed by atoms with E-state index in [1.807, 2.05) is 0 Å². The molecule has 0 bridgehead atoms. The SMILES string of the molecule is CCOC(=O)C(c1ccc(N)cc1)N(C)C(C)=O.